The van der Waals surface area contributed by atoms with Gasteiger partial charge in [-0.2, -0.15) is 13.2 Å². The minimum absolute atomic E-state index is 0.00444. The van der Waals surface area contributed by atoms with Crippen LogP contribution in [0, 0.1) is 0 Å². The molecule has 17 heavy (non-hydrogen) atoms. The molecule has 0 heterocycles. The van der Waals surface area contributed by atoms with Crippen LogP contribution in [0.15, 0.2) is 27.6 Å². The van der Waals surface area contributed by atoms with Crippen LogP contribution < -0.4 is 0 Å². The molecule has 1 nitrogen and oxygen atoms in total. The van der Waals surface area contributed by atoms with E-state index in [1.807, 2.05) is 0 Å². The smallest absolute Gasteiger partial charge is 0.294 e. The minimum atomic E-state index is -4.35. The van der Waals surface area contributed by atoms with Gasteiger partial charge in [0.2, 0.25) is 0 Å². The van der Waals surface area contributed by atoms with Crippen molar-refractivity contribution < 1.29 is 18.0 Å². The van der Waals surface area contributed by atoms with E-state index < -0.39 is 5.51 Å². The first-order valence-corrected chi connectivity index (χ1v) is 7.20. The van der Waals surface area contributed by atoms with Gasteiger partial charge < -0.3 is 0 Å². The number of halogens is 5. The summed E-state index contributed by atoms with van der Waals surface area (Å²) in [4.78, 5) is 11.6. The number of carbonyl (C=O) groups is 1. The quantitative estimate of drug-likeness (QED) is 0.406. The zero-order chi connectivity index (χ0) is 13.1. The maximum Gasteiger partial charge on any atom is 0.446 e. The monoisotopic (exact) mass is 390 g/mol. The molecule has 0 saturated heterocycles. The number of alkyl halides is 4. The molecular weight excluding hydrogens is 385 g/mol. The summed E-state index contributed by atoms with van der Waals surface area (Å²) in [7, 11) is 0. The lowest BCUT2D eigenvalue weighted by Gasteiger charge is -2.08. The molecule has 0 aliphatic carbocycles. The van der Waals surface area contributed by atoms with E-state index in [4.69, 9.17) is 0 Å². The summed E-state index contributed by atoms with van der Waals surface area (Å²) in [6.45, 7) is 0. The highest BCUT2D eigenvalue weighted by atomic mass is 79.9. The number of benzene rings is 1. The Morgan fingerprint density at radius 2 is 1.94 bits per heavy atom. The van der Waals surface area contributed by atoms with Gasteiger partial charge >= 0.3 is 5.51 Å². The van der Waals surface area contributed by atoms with Crippen molar-refractivity contribution in [3.8, 4) is 0 Å². The van der Waals surface area contributed by atoms with Gasteiger partial charge in [0.1, 0.15) is 0 Å². The van der Waals surface area contributed by atoms with E-state index in [9.17, 15) is 18.0 Å². The molecule has 1 aromatic carbocycles. The molecule has 0 aromatic heterocycles. The summed E-state index contributed by atoms with van der Waals surface area (Å²) in [5, 5.41) is 0.486. The Morgan fingerprint density at radius 3 is 2.47 bits per heavy atom. The summed E-state index contributed by atoms with van der Waals surface area (Å²) >= 11 is 5.98. The molecule has 0 N–H and O–H groups in total. The fourth-order valence-electron chi connectivity index (χ4n) is 1.15. The summed E-state index contributed by atoms with van der Waals surface area (Å²) < 4.78 is 37.1. The Bertz CT molecular complexity index is 421. The zero-order valence-corrected chi connectivity index (χ0v) is 12.3. The average molecular weight is 392 g/mol. The molecule has 1 rings (SSSR count). The van der Waals surface area contributed by atoms with Crippen molar-refractivity contribution in [2.45, 2.75) is 16.8 Å². The highest BCUT2D eigenvalue weighted by molar-refractivity contribution is 9.10. The Morgan fingerprint density at radius 1 is 1.29 bits per heavy atom. The van der Waals surface area contributed by atoms with Crippen LogP contribution in [0.5, 0.6) is 0 Å². The molecule has 0 atom stereocenters. The number of hydrogen-bond donors (Lipinski definition) is 0. The second-order valence-corrected chi connectivity index (χ2v) is 5.93. The van der Waals surface area contributed by atoms with Crippen molar-refractivity contribution in [1.82, 2.24) is 0 Å². The van der Waals surface area contributed by atoms with Gasteiger partial charge in [0.15, 0.2) is 5.78 Å². The van der Waals surface area contributed by atoms with Crippen LogP contribution in [0.4, 0.5) is 13.2 Å². The lowest BCUT2D eigenvalue weighted by molar-refractivity contribution is -0.0328. The summed E-state index contributed by atoms with van der Waals surface area (Å²) in [5.74, 6) is -0.188. The van der Waals surface area contributed by atoms with Crippen molar-refractivity contribution in [1.29, 1.82) is 0 Å². The maximum absolute atomic E-state index is 12.2. The Labute approximate surface area is 117 Å². The molecule has 7 heteroatoms. The SMILES string of the molecule is O=C(CCBr)c1cc(Br)cc(SC(F)(F)F)c1. The Hall–Kier alpha value is -0.0100. The highest BCUT2D eigenvalue weighted by Crippen LogP contribution is 2.38. The van der Waals surface area contributed by atoms with Gasteiger partial charge in [-0.3, -0.25) is 4.79 Å². The lowest BCUT2D eigenvalue weighted by Crippen LogP contribution is -2.02. The largest absolute Gasteiger partial charge is 0.446 e. The fourth-order valence-corrected chi connectivity index (χ4v) is 2.79. The summed E-state index contributed by atoms with van der Waals surface area (Å²) in [5.41, 5.74) is -4.07. The van der Waals surface area contributed by atoms with Crippen LogP contribution in [0.2, 0.25) is 0 Å². The number of ketones is 1. The number of thioether (sulfide) groups is 1. The van der Waals surface area contributed by atoms with Gasteiger partial charge in [-0.1, -0.05) is 31.9 Å². The van der Waals surface area contributed by atoms with E-state index in [0.29, 0.717) is 9.80 Å². The third-order valence-corrected chi connectivity index (χ3v) is 3.31. The van der Waals surface area contributed by atoms with Crippen LogP contribution >= 0.6 is 43.6 Å². The van der Waals surface area contributed by atoms with Gasteiger partial charge in [0.25, 0.3) is 0 Å². The number of hydrogen-bond acceptors (Lipinski definition) is 2. The third-order valence-electron chi connectivity index (χ3n) is 1.75. The predicted octanol–water partition coefficient (Wildman–Crippen LogP) is 5.03. The topological polar surface area (TPSA) is 17.1 Å². The molecule has 0 aliphatic rings. The second-order valence-electron chi connectivity index (χ2n) is 3.09. The van der Waals surface area contributed by atoms with E-state index in [0.717, 1.165) is 0 Å². The molecule has 1 aromatic rings. The van der Waals surface area contributed by atoms with Crippen LogP contribution in [-0.4, -0.2) is 16.6 Å². The minimum Gasteiger partial charge on any atom is -0.294 e. The van der Waals surface area contributed by atoms with E-state index in [2.05, 4.69) is 31.9 Å². The van der Waals surface area contributed by atoms with Crippen LogP contribution in [0.25, 0.3) is 0 Å². The van der Waals surface area contributed by atoms with Crippen LogP contribution in [-0.2, 0) is 0 Å². The lowest BCUT2D eigenvalue weighted by atomic mass is 10.1. The molecule has 0 aliphatic heterocycles. The molecule has 0 saturated carbocycles. The van der Waals surface area contributed by atoms with Crippen LogP contribution in [0.3, 0.4) is 0 Å². The van der Waals surface area contributed by atoms with Crippen LogP contribution in [0.1, 0.15) is 16.8 Å². The number of rotatable bonds is 4. The van der Waals surface area contributed by atoms with E-state index in [-0.39, 0.29) is 34.4 Å². The molecular formula is C10H7Br2F3OS. The van der Waals surface area contributed by atoms with Crippen molar-refractivity contribution >= 4 is 49.4 Å². The van der Waals surface area contributed by atoms with Gasteiger partial charge in [0.05, 0.1) is 0 Å². The van der Waals surface area contributed by atoms with Crippen molar-refractivity contribution in [2.75, 3.05) is 5.33 Å². The van der Waals surface area contributed by atoms with E-state index >= 15 is 0 Å². The Balaban J connectivity index is 2.98. The molecule has 0 fully saturated rings. The standard InChI is InChI=1S/C10H7Br2F3OS/c11-2-1-9(16)6-3-7(12)5-8(4-6)17-10(13,14)15/h3-5H,1-2H2. The summed E-state index contributed by atoms with van der Waals surface area (Å²) in [6.07, 6.45) is 0.257. The average Bonchev–Trinajstić information content (AvgIpc) is 2.14. The van der Waals surface area contributed by atoms with Crippen molar-refractivity contribution in [3.63, 3.8) is 0 Å². The predicted molar refractivity (Wildman–Crippen MR) is 68.8 cm³/mol. The first kappa shape index (κ1) is 15.0. The normalized spacial score (nSPS) is 11.6. The maximum atomic E-state index is 12.2. The third kappa shape index (κ3) is 5.44. The van der Waals surface area contributed by atoms with Gasteiger partial charge in [0, 0.05) is 26.7 Å². The molecule has 0 unspecified atom stereocenters. The first-order chi connectivity index (χ1) is 7.81. The summed E-state index contributed by atoms with van der Waals surface area (Å²) in [6, 6.07) is 4.11. The molecule has 0 radical (unpaired) electrons. The van der Waals surface area contributed by atoms with Gasteiger partial charge in [-0.15, -0.1) is 0 Å². The molecule has 0 amide bonds. The number of Topliss-reactive ketones (excluding diaryl/α,β-unsaturated/α-hetero) is 1. The molecule has 0 bridgehead atoms. The van der Waals surface area contributed by atoms with E-state index in [1.54, 1.807) is 0 Å². The Kier molecular flexibility index (Phi) is 5.53. The zero-order valence-electron chi connectivity index (χ0n) is 8.35. The first-order valence-electron chi connectivity index (χ1n) is 4.47. The van der Waals surface area contributed by atoms with Crippen molar-refractivity contribution in [2.24, 2.45) is 0 Å². The van der Waals surface area contributed by atoms with E-state index in [1.165, 1.54) is 18.2 Å². The highest BCUT2D eigenvalue weighted by Gasteiger charge is 2.29. The molecule has 94 valence electrons. The number of carbonyl (C=O) groups excluding carboxylic acids is 1. The second kappa shape index (κ2) is 6.24. The van der Waals surface area contributed by atoms with Crippen molar-refractivity contribution in [3.05, 3.63) is 28.2 Å². The molecule has 0 spiro atoms. The fraction of sp³-hybridized carbons (Fsp3) is 0.300. The van der Waals surface area contributed by atoms with Gasteiger partial charge in [-0.25, -0.2) is 0 Å². The van der Waals surface area contributed by atoms with Gasteiger partial charge in [-0.05, 0) is 30.0 Å².